The Morgan fingerprint density at radius 1 is 1.12 bits per heavy atom. The number of hydrazine groups is 1. The third-order valence-electron chi connectivity index (χ3n) is 5.96. The van der Waals surface area contributed by atoms with E-state index in [2.05, 4.69) is 66.4 Å². The summed E-state index contributed by atoms with van der Waals surface area (Å²) < 4.78 is 12.9. The van der Waals surface area contributed by atoms with Gasteiger partial charge < -0.3 is 9.47 Å². The molecule has 0 aromatic heterocycles. The predicted octanol–water partition coefficient (Wildman–Crippen LogP) is 7.92. The van der Waals surface area contributed by atoms with Crippen LogP contribution in [0.5, 0.6) is 11.5 Å². The summed E-state index contributed by atoms with van der Waals surface area (Å²) in [5.74, 6) is 0.137. The van der Waals surface area contributed by atoms with E-state index in [1.165, 1.54) is 5.56 Å². The van der Waals surface area contributed by atoms with Crippen LogP contribution in [0.3, 0.4) is 0 Å². The fourth-order valence-corrected chi connectivity index (χ4v) is 5.83. The second-order valence-corrected chi connectivity index (χ2v) is 12.9. The van der Waals surface area contributed by atoms with E-state index >= 15 is 0 Å². The molecule has 1 aliphatic rings. The Morgan fingerprint density at radius 3 is 2.48 bits per heavy atom. The predicted molar refractivity (Wildman–Crippen MR) is 169 cm³/mol. The Morgan fingerprint density at radius 2 is 1.82 bits per heavy atom. The zero-order valence-electron chi connectivity index (χ0n) is 22.4. The second kappa shape index (κ2) is 12.8. The number of hydrogen-bond acceptors (Lipinski definition) is 6. The summed E-state index contributed by atoms with van der Waals surface area (Å²) in [6, 6.07) is 18.6. The molecule has 3 aromatic carbocycles. The van der Waals surface area contributed by atoms with Crippen molar-refractivity contribution in [2.24, 2.45) is 0 Å². The Balaban J connectivity index is 1.51. The van der Waals surface area contributed by atoms with Crippen molar-refractivity contribution in [2.75, 3.05) is 6.61 Å². The van der Waals surface area contributed by atoms with E-state index < -0.39 is 11.8 Å². The van der Waals surface area contributed by atoms with Gasteiger partial charge in [0, 0.05) is 0 Å². The first-order valence-electron chi connectivity index (χ1n) is 12.5. The maximum absolute atomic E-state index is 13.1. The summed E-state index contributed by atoms with van der Waals surface area (Å²) >= 11 is 16.2. The molecule has 0 aliphatic carbocycles. The van der Waals surface area contributed by atoms with Crippen LogP contribution in [0.25, 0.3) is 6.08 Å². The van der Waals surface area contributed by atoms with Crippen LogP contribution >= 0.6 is 51.5 Å². The number of carbonyl (C=O) groups excluding carboxylic acids is 2. The van der Waals surface area contributed by atoms with Crippen molar-refractivity contribution in [1.29, 1.82) is 0 Å². The smallest absolute Gasteiger partial charge is 0.285 e. The van der Waals surface area contributed by atoms with Gasteiger partial charge in [-0.1, -0.05) is 80.5 Å². The van der Waals surface area contributed by atoms with Crippen LogP contribution in [0.4, 0.5) is 0 Å². The van der Waals surface area contributed by atoms with Crippen LogP contribution in [0.15, 0.2) is 70.0 Å². The summed E-state index contributed by atoms with van der Waals surface area (Å²) in [5, 5.41) is 1.33. The third-order valence-corrected chi connectivity index (χ3v) is 8.18. The van der Waals surface area contributed by atoms with Gasteiger partial charge in [-0.2, -0.15) is 5.01 Å². The number of nitrogens with zero attached hydrogens (tertiary/aromatic N) is 1. The molecule has 1 saturated heterocycles. The van der Waals surface area contributed by atoms with E-state index in [9.17, 15) is 9.59 Å². The lowest BCUT2D eigenvalue weighted by Crippen LogP contribution is -2.44. The number of thioether (sulfide) groups is 1. The number of ether oxygens (including phenoxy) is 2. The topological polar surface area (TPSA) is 67.9 Å². The van der Waals surface area contributed by atoms with Crippen LogP contribution in [0, 0.1) is 0 Å². The van der Waals surface area contributed by atoms with E-state index in [0.717, 1.165) is 22.3 Å². The molecule has 6 nitrogen and oxygen atoms in total. The molecule has 0 spiro atoms. The maximum atomic E-state index is 13.1. The molecule has 0 radical (unpaired) electrons. The van der Waals surface area contributed by atoms with Crippen LogP contribution < -0.4 is 14.9 Å². The molecule has 2 amide bonds. The van der Waals surface area contributed by atoms with Crippen molar-refractivity contribution in [3.8, 4) is 11.5 Å². The van der Waals surface area contributed by atoms with Crippen LogP contribution in [0.2, 0.25) is 5.02 Å². The summed E-state index contributed by atoms with van der Waals surface area (Å²) in [7, 11) is 0. The molecule has 40 heavy (non-hydrogen) atoms. The number of hydrogen-bond donors (Lipinski definition) is 1. The average molecular weight is 660 g/mol. The lowest BCUT2D eigenvalue weighted by atomic mass is 9.87. The lowest BCUT2D eigenvalue weighted by Gasteiger charge is -2.19. The van der Waals surface area contributed by atoms with Crippen LogP contribution in [-0.4, -0.2) is 27.8 Å². The second-order valence-electron chi connectivity index (χ2n) is 9.94. The first-order valence-corrected chi connectivity index (χ1v) is 14.9. The standard InChI is InChI=1S/C30H28BrClN2O4S2/c1-5-37-24-15-19(14-22(31)26(24)38-17-18-10-12-20(13-11-18)30(2,3)4)16-25-28(36)34(29(39)40-25)33-27(35)21-8-6-7-9-23(21)32/h6-16H,5,17H2,1-4H3,(H,33,35)/b25-16+. The molecule has 1 N–H and O–H groups in total. The maximum Gasteiger partial charge on any atom is 0.285 e. The summed E-state index contributed by atoms with van der Waals surface area (Å²) in [6.07, 6.45) is 1.70. The fraction of sp³-hybridized carbons (Fsp3) is 0.233. The highest BCUT2D eigenvalue weighted by atomic mass is 79.9. The first-order chi connectivity index (χ1) is 19.0. The minimum atomic E-state index is -0.529. The highest BCUT2D eigenvalue weighted by Gasteiger charge is 2.34. The van der Waals surface area contributed by atoms with Crippen molar-refractivity contribution >= 4 is 73.7 Å². The molecular formula is C30H28BrClN2O4S2. The number of thiocarbonyl (C=S) groups is 1. The quantitative estimate of drug-likeness (QED) is 0.196. The molecule has 0 unspecified atom stereocenters. The monoisotopic (exact) mass is 658 g/mol. The highest BCUT2D eigenvalue weighted by Crippen LogP contribution is 2.40. The van der Waals surface area contributed by atoms with Gasteiger partial charge in [0.05, 0.1) is 26.6 Å². The normalized spacial score (nSPS) is 14.6. The minimum Gasteiger partial charge on any atom is -0.490 e. The van der Waals surface area contributed by atoms with Crippen molar-refractivity contribution in [3.63, 3.8) is 0 Å². The molecule has 0 saturated carbocycles. The summed E-state index contributed by atoms with van der Waals surface area (Å²) in [5.41, 5.74) is 5.87. The number of amides is 2. The molecule has 208 valence electrons. The summed E-state index contributed by atoms with van der Waals surface area (Å²) in [4.78, 5) is 26.2. The van der Waals surface area contributed by atoms with Gasteiger partial charge in [-0.3, -0.25) is 15.0 Å². The molecule has 4 rings (SSSR count). The van der Waals surface area contributed by atoms with E-state index in [-0.39, 0.29) is 20.3 Å². The molecular weight excluding hydrogens is 632 g/mol. The van der Waals surface area contributed by atoms with E-state index in [1.54, 1.807) is 36.4 Å². The van der Waals surface area contributed by atoms with E-state index in [1.807, 2.05) is 13.0 Å². The molecule has 3 aromatic rings. The van der Waals surface area contributed by atoms with Gasteiger partial charge in [0.2, 0.25) is 0 Å². The van der Waals surface area contributed by atoms with Gasteiger partial charge in [0.15, 0.2) is 15.8 Å². The zero-order valence-corrected chi connectivity index (χ0v) is 26.4. The van der Waals surface area contributed by atoms with Gasteiger partial charge >= 0.3 is 0 Å². The first kappa shape index (κ1) is 30.1. The largest absolute Gasteiger partial charge is 0.490 e. The number of halogens is 2. The van der Waals surface area contributed by atoms with Crippen molar-refractivity contribution in [1.82, 2.24) is 10.4 Å². The van der Waals surface area contributed by atoms with Crippen molar-refractivity contribution in [3.05, 3.63) is 97.3 Å². The van der Waals surface area contributed by atoms with Gasteiger partial charge in [-0.05, 0) is 87.5 Å². The molecule has 10 heteroatoms. The average Bonchev–Trinajstić information content (AvgIpc) is 3.15. The zero-order chi connectivity index (χ0) is 29.0. The number of nitrogens with one attached hydrogen (secondary N) is 1. The summed E-state index contributed by atoms with van der Waals surface area (Å²) in [6.45, 7) is 9.23. The van der Waals surface area contributed by atoms with Gasteiger partial charge in [-0.25, -0.2) is 0 Å². The Hall–Kier alpha value is -2.85. The lowest BCUT2D eigenvalue weighted by molar-refractivity contribution is -0.123. The van der Waals surface area contributed by atoms with Gasteiger partial charge in [-0.15, -0.1) is 0 Å². The Kier molecular flexibility index (Phi) is 9.61. The molecule has 0 bridgehead atoms. The van der Waals surface area contributed by atoms with Gasteiger partial charge in [0.25, 0.3) is 11.8 Å². The molecule has 1 heterocycles. The highest BCUT2D eigenvalue weighted by molar-refractivity contribution is 9.10. The Bertz CT molecular complexity index is 1490. The Labute approximate surface area is 257 Å². The van der Waals surface area contributed by atoms with Crippen LogP contribution in [-0.2, 0) is 16.8 Å². The minimum absolute atomic E-state index is 0.0792. The number of benzene rings is 3. The SMILES string of the molecule is CCOc1cc(/C=C2/SC(=S)N(NC(=O)c3ccccc3Cl)C2=O)cc(Br)c1OCc1ccc(C(C)(C)C)cc1. The fourth-order valence-electron chi connectivity index (χ4n) is 3.85. The molecule has 1 aliphatic heterocycles. The van der Waals surface area contributed by atoms with E-state index in [0.29, 0.717) is 39.7 Å². The van der Waals surface area contributed by atoms with E-state index in [4.69, 9.17) is 33.3 Å². The van der Waals surface area contributed by atoms with Crippen molar-refractivity contribution in [2.45, 2.75) is 39.7 Å². The van der Waals surface area contributed by atoms with Crippen molar-refractivity contribution < 1.29 is 19.1 Å². The van der Waals surface area contributed by atoms with Crippen LogP contribution in [0.1, 0.15) is 54.7 Å². The molecule has 1 fully saturated rings. The molecule has 0 atom stereocenters. The third kappa shape index (κ3) is 7.07. The number of carbonyl (C=O) groups is 2. The number of rotatable bonds is 8. The van der Waals surface area contributed by atoms with Gasteiger partial charge in [0.1, 0.15) is 6.61 Å².